The van der Waals surface area contributed by atoms with Crippen LogP contribution in [0.15, 0.2) is 63.8 Å². The van der Waals surface area contributed by atoms with Crippen molar-refractivity contribution in [2.24, 2.45) is 15.8 Å². The number of anilines is 2. The lowest BCUT2D eigenvalue weighted by molar-refractivity contribution is -0.137. The van der Waals surface area contributed by atoms with Crippen LogP contribution in [0.25, 0.3) is 0 Å². The van der Waals surface area contributed by atoms with Crippen molar-refractivity contribution < 1.29 is 27.1 Å². The number of rotatable bonds is 5. The number of amidine groups is 1. The van der Waals surface area contributed by atoms with E-state index in [0.717, 1.165) is 5.70 Å². The Balaban J connectivity index is 1.35. The van der Waals surface area contributed by atoms with Crippen molar-refractivity contribution >= 4 is 29.6 Å². The molecule has 0 radical (unpaired) electrons. The number of aliphatic imine (C=N–C) groups is 1. The van der Waals surface area contributed by atoms with Crippen LogP contribution < -0.4 is 16.4 Å². The molecule has 14 heteroatoms. The highest BCUT2D eigenvalue weighted by atomic mass is 19.4. The molecule has 5 rings (SSSR count). The molecule has 2 amide bonds. The first-order valence-electron chi connectivity index (χ1n) is 12.3. The van der Waals surface area contributed by atoms with E-state index in [-0.39, 0.29) is 0 Å². The summed E-state index contributed by atoms with van der Waals surface area (Å²) in [5.74, 6) is -1.19. The van der Waals surface area contributed by atoms with Gasteiger partial charge in [-0.3, -0.25) is 9.91 Å². The summed E-state index contributed by atoms with van der Waals surface area (Å²) < 4.78 is 58.3. The Kier molecular flexibility index (Phi) is 7.42. The maximum atomic E-state index is 14.0. The van der Waals surface area contributed by atoms with E-state index < -0.39 is 41.2 Å². The molecule has 3 aliphatic rings. The predicted molar refractivity (Wildman–Crippen MR) is 139 cm³/mol. The molecule has 40 heavy (non-hydrogen) atoms. The number of carbonyl (C=O) groups is 1. The van der Waals surface area contributed by atoms with Crippen molar-refractivity contribution in [3.8, 4) is 6.07 Å². The molecule has 2 aromatic carbocycles. The van der Waals surface area contributed by atoms with Crippen molar-refractivity contribution in [2.75, 3.05) is 43.5 Å². The van der Waals surface area contributed by atoms with E-state index in [2.05, 4.69) is 31.7 Å². The molecule has 10 nitrogen and oxygen atoms in total. The van der Waals surface area contributed by atoms with Gasteiger partial charge < -0.3 is 21.1 Å². The van der Waals surface area contributed by atoms with E-state index in [1.165, 1.54) is 6.34 Å². The summed E-state index contributed by atoms with van der Waals surface area (Å²) in [4.78, 5) is 18.7. The molecule has 0 aromatic heterocycles. The van der Waals surface area contributed by atoms with Gasteiger partial charge in [0.1, 0.15) is 24.0 Å². The molecular formula is C26H24F4N8O2. The molecule has 0 bridgehead atoms. The van der Waals surface area contributed by atoms with E-state index in [0.29, 0.717) is 73.7 Å². The predicted octanol–water partition coefficient (Wildman–Crippen LogP) is 3.68. The van der Waals surface area contributed by atoms with Crippen LogP contribution in [0.3, 0.4) is 0 Å². The lowest BCUT2D eigenvalue weighted by Crippen LogP contribution is -2.45. The van der Waals surface area contributed by atoms with Crippen LogP contribution in [0, 0.1) is 17.1 Å². The number of alkyl halides is 3. The number of hydrogen-bond donors (Lipinski definition) is 3. The number of hydrazone groups is 1. The van der Waals surface area contributed by atoms with Gasteiger partial charge in [-0.25, -0.2) is 14.2 Å². The molecule has 0 spiro atoms. The monoisotopic (exact) mass is 556 g/mol. The normalized spacial score (nSPS) is 21.1. The molecule has 2 aromatic rings. The fourth-order valence-corrected chi connectivity index (χ4v) is 4.90. The Morgan fingerprint density at radius 1 is 1.15 bits per heavy atom. The van der Waals surface area contributed by atoms with Gasteiger partial charge >= 0.3 is 12.2 Å². The Hall–Kier alpha value is -4.48. The third kappa shape index (κ3) is 5.47. The maximum Gasteiger partial charge on any atom is 0.416 e. The first kappa shape index (κ1) is 27.1. The third-order valence-electron chi connectivity index (χ3n) is 6.83. The van der Waals surface area contributed by atoms with Crippen LogP contribution in [0.1, 0.15) is 17.0 Å². The van der Waals surface area contributed by atoms with Gasteiger partial charge in [0.25, 0.3) is 0 Å². The molecule has 0 saturated carbocycles. The first-order chi connectivity index (χ1) is 19.2. The molecule has 3 heterocycles. The van der Waals surface area contributed by atoms with Crippen molar-refractivity contribution in [3.63, 3.8) is 0 Å². The number of ether oxygens (including phenoxy) is 1. The fourth-order valence-electron chi connectivity index (χ4n) is 4.90. The van der Waals surface area contributed by atoms with Gasteiger partial charge in [0.15, 0.2) is 0 Å². The fraction of sp³-hybridized carbons (Fsp3) is 0.308. The molecule has 208 valence electrons. The van der Waals surface area contributed by atoms with E-state index in [9.17, 15) is 27.6 Å². The van der Waals surface area contributed by atoms with Crippen molar-refractivity contribution in [1.82, 2.24) is 9.91 Å². The minimum Gasteiger partial charge on any atom is -0.385 e. The second-order valence-corrected chi connectivity index (χ2v) is 9.31. The average Bonchev–Trinajstić information content (AvgIpc) is 3.24. The number of fused-ring (bicyclic) bond motifs is 1. The second kappa shape index (κ2) is 10.9. The van der Waals surface area contributed by atoms with Gasteiger partial charge in [0.2, 0.25) is 0 Å². The van der Waals surface area contributed by atoms with Crippen LogP contribution in [0.5, 0.6) is 0 Å². The summed E-state index contributed by atoms with van der Waals surface area (Å²) in [6.45, 7) is 3.10. The number of nitrogens with one attached hydrogen (secondary N) is 2. The second-order valence-electron chi connectivity index (χ2n) is 9.31. The molecule has 3 aliphatic heterocycles. The van der Waals surface area contributed by atoms with Crippen molar-refractivity contribution in [1.29, 1.82) is 5.26 Å². The standard InChI is InChI=1S/C26H24F4N8O2/c27-19-6-3-16(26(28,29)30)11-20(19)36-25(39)35-17-4-1-15(2-5-17)22-18(12-31)21(13-37-7-9-40-10-8-37)38-23(22)24(32)33-14-34-38/h1-6,11,14,22-23H,7-10,13H2,(H2,32,33,34)(H2,35,36,39). The Labute approximate surface area is 226 Å². The van der Waals surface area contributed by atoms with Crippen LogP contribution >= 0.6 is 0 Å². The van der Waals surface area contributed by atoms with Crippen LogP contribution in [0.2, 0.25) is 0 Å². The Morgan fingerprint density at radius 3 is 2.55 bits per heavy atom. The molecule has 2 atom stereocenters. The largest absolute Gasteiger partial charge is 0.416 e. The minimum absolute atomic E-state index is 0.294. The van der Waals surface area contributed by atoms with Gasteiger partial charge in [-0.2, -0.15) is 23.5 Å². The molecule has 1 fully saturated rings. The van der Waals surface area contributed by atoms with Gasteiger partial charge in [0, 0.05) is 25.3 Å². The Morgan fingerprint density at radius 2 is 1.88 bits per heavy atom. The Bertz CT molecular complexity index is 1430. The number of halogens is 4. The molecule has 0 aliphatic carbocycles. The van der Waals surface area contributed by atoms with Crippen LogP contribution in [-0.2, 0) is 10.9 Å². The van der Waals surface area contributed by atoms with E-state index in [1.54, 1.807) is 29.3 Å². The number of amides is 2. The molecule has 1 saturated heterocycles. The summed E-state index contributed by atoms with van der Waals surface area (Å²) in [6.07, 6.45) is -3.34. The lowest BCUT2D eigenvalue weighted by atomic mass is 9.86. The zero-order valence-electron chi connectivity index (χ0n) is 21.0. The summed E-state index contributed by atoms with van der Waals surface area (Å²) >= 11 is 0. The minimum atomic E-state index is -4.69. The number of benzene rings is 2. The maximum absolute atomic E-state index is 14.0. The third-order valence-corrected chi connectivity index (χ3v) is 6.83. The van der Waals surface area contributed by atoms with Gasteiger partial charge in [-0.1, -0.05) is 12.1 Å². The number of nitriles is 1. The van der Waals surface area contributed by atoms with Crippen molar-refractivity contribution in [2.45, 2.75) is 18.1 Å². The number of nitrogens with two attached hydrogens (primary N) is 1. The van der Waals surface area contributed by atoms with E-state index in [1.807, 2.05) is 0 Å². The van der Waals surface area contributed by atoms with Gasteiger partial charge in [-0.05, 0) is 35.9 Å². The topological polar surface area (TPSA) is 131 Å². The van der Waals surface area contributed by atoms with E-state index in [4.69, 9.17) is 10.5 Å². The number of carbonyl (C=O) groups excluding carboxylic acids is 1. The average molecular weight is 557 g/mol. The molecule has 2 unspecified atom stereocenters. The van der Waals surface area contributed by atoms with Crippen LogP contribution in [0.4, 0.5) is 33.7 Å². The quantitative estimate of drug-likeness (QED) is 0.482. The lowest BCUT2D eigenvalue weighted by Gasteiger charge is -2.32. The van der Waals surface area contributed by atoms with Gasteiger partial charge in [0.05, 0.1) is 47.7 Å². The first-order valence-corrected chi connectivity index (χ1v) is 12.3. The summed E-state index contributed by atoms with van der Waals surface area (Å²) in [6, 6.07) is 9.16. The van der Waals surface area contributed by atoms with Crippen molar-refractivity contribution in [3.05, 3.63) is 70.7 Å². The SMILES string of the molecule is N#CC1=C(CN2CCOCC2)N2N=CN=C(N)C2C1c1ccc(NC(=O)Nc2cc(C(F)(F)F)ccc2F)cc1. The summed E-state index contributed by atoms with van der Waals surface area (Å²) in [7, 11) is 0. The number of nitrogens with zero attached hydrogens (tertiary/aromatic N) is 5. The zero-order chi connectivity index (χ0) is 28.4. The smallest absolute Gasteiger partial charge is 0.385 e. The number of morpholine rings is 1. The summed E-state index contributed by atoms with van der Waals surface area (Å²) in [5.41, 5.74) is 6.78. The summed E-state index contributed by atoms with van der Waals surface area (Å²) in [5, 5.41) is 20.9. The highest BCUT2D eigenvalue weighted by Gasteiger charge is 2.45. The molecule has 4 N–H and O–H groups in total. The van der Waals surface area contributed by atoms with Gasteiger partial charge in [-0.15, -0.1) is 0 Å². The molecular weight excluding hydrogens is 532 g/mol. The highest BCUT2D eigenvalue weighted by Crippen LogP contribution is 2.42. The number of hydrogen-bond acceptors (Lipinski definition) is 8. The number of urea groups is 1. The zero-order valence-corrected chi connectivity index (χ0v) is 21.0. The van der Waals surface area contributed by atoms with Crippen LogP contribution in [-0.4, -0.2) is 67.0 Å². The van der Waals surface area contributed by atoms with E-state index >= 15 is 0 Å². The highest BCUT2D eigenvalue weighted by molar-refractivity contribution is 6.00.